The van der Waals surface area contributed by atoms with Gasteiger partial charge < -0.3 is 14.2 Å². The molecule has 0 unspecified atom stereocenters. The number of aromatic nitrogens is 5. The van der Waals surface area contributed by atoms with Gasteiger partial charge in [0.2, 0.25) is 5.88 Å². The molecule has 4 aromatic heterocycles. The molecule has 0 saturated carbocycles. The minimum absolute atomic E-state index is 0.0827. The number of thiazole rings is 1. The Balaban J connectivity index is 1.29. The summed E-state index contributed by atoms with van der Waals surface area (Å²) in [5, 5.41) is 3.18. The van der Waals surface area contributed by atoms with Gasteiger partial charge in [-0.05, 0) is 43.7 Å². The fourth-order valence-electron chi connectivity index (χ4n) is 3.52. The number of amides is 1. The summed E-state index contributed by atoms with van der Waals surface area (Å²) in [7, 11) is 1.53. The van der Waals surface area contributed by atoms with Crippen molar-refractivity contribution in [3.05, 3.63) is 59.8 Å². The number of methoxy groups -OCH3 is 1. The summed E-state index contributed by atoms with van der Waals surface area (Å²) in [6.45, 7) is 3.60. The zero-order valence-corrected chi connectivity index (χ0v) is 20.9. The van der Waals surface area contributed by atoms with Crippen molar-refractivity contribution >= 4 is 44.5 Å². The summed E-state index contributed by atoms with van der Waals surface area (Å²) in [6.07, 6.45) is 2.39. The molecule has 0 fully saturated rings. The van der Waals surface area contributed by atoms with E-state index in [0.29, 0.717) is 38.0 Å². The lowest BCUT2D eigenvalue weighted by Crippen LogP contribution is -2.18. The minimum Gasteiger partial charge on any atom is -0.480 e. The Kier molecular flexibility index (Phi) is 6.73. The van der Waals surface area contributed by atoms with E-state index in [1.807, 2.05) is 26.0 Å². The maximum absolute atomic E-state index is 14.7. The van der Waals surface area contributed by atoms with Gasteiger partial charge >= 0.3 is 6.09 Å². The number of hydrogen-bond acceptors (Lipinski definition) is 10. The molecule has 10 nitrogen and oxygen atoms in total. The van der Waals surface area contributed by atoms with E-state index in [4.69, 9.17) is 14.2 Å². The van der Waals surface area contributed by atoms with Crippen molar-refractivity contribution < 1.29 is 23.4 Å². The van der Waals surface area contributed by atoms with Gasteiger partial charge in [0, 0.05) is 17.3 Å². The third-order valence-electron chi connectivity index (χ3n) is 5.23. The molecule has 0 atom stereocenters. The molecule has 0 radical (unpaired) electrons. The van der Waals surface area contributed by atoms with E-state index in [1.165, 1.54) is 30.7 Å². The summed E-state index contributed by atoms with van der Waals surface area (Å²) in [6, 6.07) is 8.60. The number of nitrogens with one attached hydrogen (secondary N) is 1. The summed E-state index contributed by atoms with van der Waals surface area (Å²) in [4.78, 5) is 34.3. The second-order valence-corrected chi connectivity index (χ2v) is 8.99. The number of fused-ring (bicyclic) bond motifs is 2. The molecule has 188 valence electrons. The Morgan fingerprint density at radius 2 is 1.89 bits per heavy atom. The number of pyridine rings is 2. The van der Waals surface area contributed by atoms with Crippen LogP contribution in [0.3, 0.4) is 0 Å². The fourth-order valence-corrected chi connectivity index (χ4v) is 4.45. The molecule has 0 aliphatic rings. The standard InChI is InChI=1S/C25H21FN6O4S/c1-13-8-16(21-18(9-13)30-20(34-3)12-28-21)23-31-19-10-17(26)22(32-24(19)37-23)35-6-7-36-25(33)29-15-5-4-14(2)27-11-15/h4-5,8-12H,6-7H2,1-3H3,(H,29,33). The molecule has 37 heavy (non-hydrogen) atoms. The van der Waals surface area contributed by atoms with Crippen molar-refractivity contribution in [3.8, 4) is 22.3 Å². The summed E-state index contributed by atoms with van der Waals surface area (Å²) < 4.78 is 30.3. The number of ether oxygens (including phenoxy) is 3. The Labute approximate surface area is 214 Å². The second-order valence-electron chi connectivity index (χ2n) is 8.01. The summed E-state index contributed by atoms with van der Waals surface area (Å²) >= 11 is 1.28. The number of rotatable bonds is 7. The lowest BCUT2D eigenvalue weighted by Gasteiger charge is -2.08. The fraction of sp³-hybridized carbons (Fsp3) is 0.200. The van der Waals surface area contributed by atoms with Crippen LogP contribution in [0.25, 0.3) is 32.0 Å². The highest BCUT2D eigenvalue weighted by Gasteiger charge is 2.17. The largest absolute Gasteiger partial charge is 0.480 e. The smallest absolute Gasteiger partial charge is 0.411 e. The van der Waals surface area contributed by atoms with E-state index >= 15 is 0 Å². The zero-order valence-electron chi connectivity index (χ0n) is 20.1. The molecule has 5 aromatic rings. The maximum atomic E-state index is 14.7. The van der Waals surface area contributed by atoms with Gasteiger partial charge in [-0.3, -0.25) is 10.3 Å². The van der Waals surface area contributed by atoms with Crippen LogP contribution in [0.4, 0.5) is 14.9 Å². The topological polar surface area (TPSA) is 121 Å². The van der Waals surface area contributed by atoms with Crippen LogP contribution >= 0.6 is 11.3 Å². The Morgan fingerprint density at radius 1 is 1.03 bits per heavy atom. The molecular weight excluding hydrogens is 499 g/mol. The average Bonchev–Trinajstić information content (AvgIpc) is 3.29. The SMILES string of the molecule is COc1cnc2c(-c3nc4cc(F)c(OCCOC(=O)Nc5ccc(C)nc5)nc4s3)cc(C)cc2n1. The van der Waals surface area contributed by atoms with E-state index in [0.717, 1.165) is 16.8 Å². The Bertz CT molecular complexity index is 1610. The van der Waals surface area contributed by atoms with E-state index in [9.17, 15) is 9.18 Å². The van der Waals surface area contributed by atoms with Gasteiger partial charge in [-0.25, -0.2) is 24.1 Å². The number of benzene rings is 1. The first kappa shape index (κ1) is 24.3. The van der Waals surface area contributed by atoms with Gasteiger partial charge in [0.25, 0.3) is 5.88 Å². The third kappa shape index (κ3) is 5.38. The van der Waals surface area contributed by atoms with E-state index in [-0.39, 0.29) is 19.1 Å². The van der Waals surface area contributed by atoms with Crippen molar-refractivity contribution in [2.45, 2.75) is 13.8 Å². The molecular formula is C25H21FN6O4S. The van der Waals surface area contributed by atoms with Crippen molar-refractivity contribution in [1.82, 2.24) is 24.9 Å². The lowest BCUT2D eigenvalue weighted by molar-refractivity contribution is 0.135. The Morgan fingerprint density at radius 3 is 2.68 bits per heavy atom. The van der Waals surface area contributed by atoms with Crippen LogP contribution in [-0.2, 0) is 4.74 Å². The third-order valence-corrected chi connectivity index (χ3v) is 6.23. The number of carbonyl (C=O) groups excluding carboxylic acids is 1. The molecule has 1 aromatic carbocycles. The molecule has 12 heteroatoms. The second kappa shape index (κ2) is 10.3. The van der Waals surface area contributed by atoms with E-state index < -0.39 is 11.9 Å². The highest BCUT2D eigenvalue weighted by Crippen LogP contribution is 2.35. The van der Waals surface area contributed by atoms with Gasteiger partial charge in [0.1, 0.15) is 28.6 Å². The van der Waals surface area contributed by atoms with Crippen LogP contribution in [0.2, 0.25) is 0 Å². The average molecular weight is 521 g/mol. The molecule has 0 spiro atoms. The summed E-state index contributed by atoms with van der Waals surface area (Å²) in [5.41, 5.74) is 4.77. The summed E-state index contributed by atoms with van der Waals surface area (Å²) in [5.74, 6) is -0.460. The number of aryl methyl sites for hydroxylation is 2. The quantitative estimate of drug-likeness (QED) is 0.293. The number of halogens is 1. The van der Waals surface area contributed by atoms with Crippen LogP contribution in [0.5, 0.6) is 11.8 Å². The predicted molar refractivity (Wildman–Crippen MR) is 137 cm³/mol. The first-order valence-electron chi connectivity index (χ1n) is 11.2. The number of nitrogens with zero attached hydrogens (tertiary/aromatic N) is 5. The van der Waals surface area contributed by atoms with Crippen LogP contribution in [0.15, 0.2) is 42.7 Å². The van der Waals surface area contributed by atoms with Crippen LogP contribution < -0.4 is 14.8 Å². The minimum atomic E-state index is -0.670. The molecule has 4 heterocycles. The van der Waals surface area contributed by atoms with Crippen LogP contribution in [0.1, 0.15) is 11.3 Å². The van der Waals surface area contributed by atoms with E-state index in [2.05, 4.69) is 30.2 Å². The number of carbonyl (C=O) groups is 1. The normalized spacial score (nSPS) is 11.0. The van der Waals surface area contributed by atoms with Crippen molar-refractivity contribution in [1.29, 1.82) is 0 Å². The van der Waals surface area contributed by atoms with E-state index in [1.54, 1.807) is 18.3 Å². The molecule has 5 rings (SSSR count). The zero-order chi connectivity index (χ0) is 25.9. The number of hydrogen-bond donors (Lipinski definition) is 1. The first-order valence-corrected chi connectivity index (χ1v) is 12.0. The molecule has 1 amide bonds. The predicted octanol–water partition coefficient (Wildman–Crippen LogP) is 5.09. The van der Waals surface area contributed by atoms with Crippen LogP contribution in [0, 0.1) is 19.7 Å². The number of anilines is 1. The van der Waals surface area contributed by atoms with Gasteiger partial charge in [0.05, 0.1) is 36.2 Å². The maximum Gasteiger partial charge on any atom is 0.411 e. The van der Waals surface area contributed by atoms with Gasteiger partial charge in [0.15, 0.2) is 5.82 Å². The Hall–Kier alpha value is -4.45. The van der Waals surface area contributed by atoms with Crippen molar-refractivity contribution in [2.75, 3.05) is 25.6 Å². The highest BCUT2D eigenvalue weighted by atomic mass is 32.1. The molecule has 1 N–H and O–H groups in total. The van der Waals surface area contributed by atoms with Crippen molar-refractivity contribution in [3.63, 3.8) is 0 Å². The van der Waals surface area contributed by atoms with Crippen LogP contribution in [-0.4, -0.2) is 51.3 Å². The lowest BCUT2D eigenvalue weighted by atomic mass is 10.1. The molecule has 0 aliphatic heterocycles. The van der Waals surface area contributed by atoms with Gasteiger partial charge in [-0.2, -0.15) is 4.98 Å². The monoisotopic (exact) mass is 520 g/mol. The molecule has 0 saturated heterocycles. The van der Waals surface area contributed by atoms with Crippen molar-refractivity contribution in [2.24, 2.45) is 0 Å². The van der Waals surface area contributed by atoms with Gasteiger partial charge in [-0.15, -0.1) is 0 Å². The first-order chi connectivity index (χ1) is 17.9. The highest BCUT2D eigenvalue weighted by molar-refractivity contribution is 7.21. The molecule has 0 aliphatic carbocycles. The molecule has 0 bridgehead atoms. The van der Waals surface area contributed by atoms with Gasteiger partial charge in [-0.1, -0.05) is 11.3 Å².